The van der Waals surface area contributed by atoms with E-state index in [-0.39, 0.29) is 56.9 Å². The molecule has 0 aromatic heterocycles. The van der Waals surface area contributed by atoms with Gasteiger partial charge in [-0.05, 0) is 99.5 Å². The number of anilines is 4. The van der Waals surface area contributed by atoms with E-state index in [1.807, 2.05) is 63.7 Å². The van der Waals surface area contributed by atoms with Crippen molar-refractivity contribution < 1.29 is 30.0 Å². The Hall–Kier alpha value is -6.16. The van der Waals surface area contributed by atoms with Crippen LogP contribution in [-0.4, -0.2) is 62.1 Å². The molecule has 0 atom stereocenters. The molecule has 302 valence electrons. The van der Waals surface area contributed by atoms with Gasteiger partial charge < -0.3 is 40.0 Å². The molecule has 2 aliphatic heterocycles. The fraction of sp³-hybridized carbons (Fsp3) is 0.333. The van der Waals surface area contributed by atoms with Crippen LogP contribution in [0.25, 0.3) is 12.2 Å². The van der Waals surface area contributed by atoms with Crippen LogP contribution in [-0.2, 0) is 20.4 Å². The van der Waals surface area contributed by atoms with Crippen LogP contribution >= 0.6 is 0 Å². The molecule has 4 aliphatic rings. The van der Waals surface area contributed by atoms with Crippen LogP contribution in [0.1, 0.15) is 77.6 Å². The third kappa shape index (κ3) is 6.08. The zero-order valence-electron chi connectivity index (χ0n) is 35.1. The number of benzene rings is 3. The molecular weight excluding hydrogens is 729 g/mol. The highest BCUT2D eigenvalue weighted by Gasteiger charge is 2.46. The van der Waals surface area contributed by atoms with Crippen LogP contribution < -0.4 is 29.8 Å². The summed E-state index contributed by atoms with van der Waals surface area (Å²) in [6, 6.07) is 14.8. The maximum absolute atomic E-state index is 13.4. The molecular formula is C48H52N4O6-2. The first-order valence-electron chi connectivity index (χ1n) is 20.0. The topological polar surface area (TPSA) is 134 Å². The first-order chi connectivity index (χ1) is 27.4. The number of hydrogen-bond donors (Lipinski definition) is 2. The highest BCUT2D eigenvalue weighted by Crippen LogP contribution is 2.56. The number of aromatic hydroxyl groups is 2. The van der Waals surface area contributed by atoms with Gasteiger partial charge in [0.1, 0.15) is 11.5 Å². The lowest BCUT2D eigenvalue weighted by molar-refractivity contribution is -0.301. The summed E-state index contributed by atoms with van der Waals surface area (Å²) in [4.78, 5) is 35.1. The highest BCUT2D eigenvalue weighted by atomic mass is 16.3. The van der Waals surface area contributed by atoms with Crippen molar-refractivity contribution in [3.8, 4) is 11.5 Å². The molecule has 0 unspecified atom stereocenters. The van der Waals surface area contributed by atoms with E-state index in [1.165, 1.54) is 12.2 Å². The van der Waals surface area contributed by atoms with Gasteiger partial charge >= 0.3 is 0 Å². The first-order valence-corrected chi connectivity index (χ1v) is 20.0. The SMILES string of the molecule is CCN(CC)c1ccc(C=C2C(=O)C(C=C3N(C)c4cc5c(cc4C3(C)C)N(C)C(=CC3=C([O-])C(=Cc4ccc(N(CC)CC)cc4O)C3=O)C5(C)C)=C2[O-])c(O)c1. The average Bonchev–Trinajstić information content (AvgIpc) is 3.50. The maximum Gasteiger partial charge on any atom is 0.191 e. The van der Waals surface area contributed by atoms with E-state index in [0.717, 1.165) is 71.4 Å². The summed E-state index contributed by atoms with van der Waals surface area (Å²) in [5.41, 5.74) is 7.22. The van der Waals surface area contributed by atoms with Crippen molar-refractivity contribution in [2.24, 2.45) is 0 Å². The predicted molar refractivity (Wildman–Crippen MR) is 229 cm³/mol. The van der Waals surface area contributed by atoms with Gasteiger partial charge in [0.05, 0.1) is 0 Å². The molecule has 0 bridgehead atoms. The molecule has 0 saturated carbocycles. The minimum absolute atomic E-state index is 0.00944. The van der Waals surface area contributed by atoms with Gasteiger partial charge in [-0.2, -0.15) is 0 Å². The molecule has 3 aromatic carbocycles. The van der Waals surface area contributed by atoms with E-state index in [9.17, 15) is 30.0 Å². The Morgan fingerprint density at radius 2 is 0.931 bits per heavy atom. The van der Waals surface area contributed by atoms with E-state index in [1.54, 1.807) is 36.4 Å². The summed E-state index contributed by atoms with van der Waals surface area (Å²) in [5.74, 6) is -1.41. The fourth-order valence-electron chi connectivity index (χ4n) is 8.92. The van der Waals surface area contributed by atoms with Gasteiger partial charge in [-0.1, -0.05) is 39.2 Å². The first kappa shape index (κ1) is 40.1. The number of nitrogens with zero attached hydrogens (tertiary/aromatic N) is 4. The monoisotopic (exact) mass is 780 g/mol. The molecule has 0 fully saturated rings. The zero-order valence-corrected chi connectivity index (χ0v) is 35.1. The van der Waals surface area contributed by atoms with Crippen molar-refractivity contribution in [2.45, 2.75) is 66.2 Å². The number of carbonyl (C=O) groups excluding carboxylic acids is 2. The van der Waals surface area contributed by atoms with E-state index in [2.05, 4.69) is 49.6 Å². The Morgan fingerprint density at radius 3 is 1.22 bits per heavy atom. The minimum Gasteiger partial charge on any atom is -0.871 e. The minimum atomic E-state index is -0.578. The van der Waals surface area contributed by atoms with Crippen molar-refractivity contribution >= 4 is 46.5 Å². The predicted octanol–water partition coefficient (Wildman–Crippen LogP) is 6.57. The third-order valence-electron chi connectivity index (χ3n) is 12.6. The average molecular weight is 781 g/mol. The number of hydrogen-bond acceptors (Lipinski definition) is 10. The Bertz CT molecular complexity index is 2300. The van der Waals surface area contributed by atoms with Gasteiger partial charge in [0.2, 0.25) is 0 Å². The normalized spacial score (nSPS) is 20.7. The smallest absolute Gasteiger partial charge is 0.191 e. The number of likely N-dealkylation sites (N-methyl/N-ethyl adjacent to an activating group) is 2. The fourth-order valence-corrected chi connectivity index (χ4v) is 8.92. The Balaban J connectivity index is 1.16. The van der Waals surface area contributed by atoms with Crippen molar-refractivity contribution in [3.05, 3.63) is 128 Å². The second-order valence-electron chi connectivity index (χ2n) is 16.4. The Kier molecular flexibility index (Phi) is 9.90. The van der Waals surface area contributed by atoms with Gasteiger partial charge in [0, 0.05) is 131 Å². The summed E-state index contributed by atoms with van der Waals surface area (Å²) in [5, 5.41) is 48.4. The van der Waals surface area contributed by atoms with Gasteiger partial charge in [-0.25, -0.2) is 0 Å². The number of Topliss-reactive ketones (excluding diaryl/α,β-unsaturated/α-hetero) is 2. The summed E-state index contributed by atoms with van der Waals surface area (Å²) in [6.07, 6.45) is 6.34. The number of phenols is 2. The van der Waals surface area contributed by atoms with Crippen LogP contribution in [0.4, 0.5) is 22.7 Å². The maximum atomic E-state index is 13.4. The quantitative estimate of drug-likeness (QED) is 0.218. The van der Waals surface area contributed by atoms with E-state index >= 15 is 0 Å². The highest BCUT2D eigenvalue weighted by molar-refractivity contribution is 6.24. The molecule has 10 nitrogen and oxygen atoms in total. The number of fused-ring (bicyclic) bond motifs is 2. The molecule has 2 N–H and O–H groups in total. The third-order valence-corrected chi connectivity index (χ3v) is 12.6. The molecule has 0 saturated heterocycles. The molecule has 7 rings (SSSR count). The molecule has 2 aliphatic carbocycles. The Labute approximate surface area is 341 Å². The molecule has 58 heavy (non-hydrogen) atoms. The van der Waals surface area contributed by atoms with Gasteiger partial charge in [-0.15, -0.1) is 0 Å². The second kappa shape index (κ2) is 14.3. The lowest BCUT2D eigenvalue weighted by Gasteiger charge is -2.32. The molecule has 0 amide bonds. The largest absolute Gasteiger partial charge is 0.871 e. The standard InChI is InChI=1S/C48H54N4O6/c1-11-51(12-2)29-17-15-27(39(53)21-29)19-31-43(55)33(44(31)56)23-41-47(5,6)35-25-38-36(26-37(35)49(41)9)48(7,8)42(50(38)10)24-34-45(57)32(46(34)58)20-28-16-18-30(22-40(28)54)52(13-3)14-4/h15-26,53-55,57H,11-14H2,1-10H3/p-2. The van der Waals surface area contributed by atoms with Crippen molar-refractivity contribution in [1.29, 1.82) is 0 Å². The van der Waals surface area contributed by atoms with Crippen LogP contribution in [0.3, 0.4) is 0 Å². The molecule has 0 radical (unpaired) electrons. The van der Waals surface area contributed by atoms with Crippen LogP contribution in [0.5, 0.6) is 11.5 Å². The van der Waals surface area contributed by atoms with Crippen molar-refractivity contribution in [2.75, 3.05) is 59.9 Å². The lowest BCUT2D eigenvalue weighted by Crippen LogP contribution is -2.31. The van der Waals surface area contributed by atoms with Crippen LogP contribution in [0.15, 0.2) is 106 Å². The summed E-state index contributed by atoms with van der Waals surface area (Å²) >= 11 is 0. The summed E-state index contributed by atoms with van der Waals surface area (Å²) in [6.45, 7) is 19.6. The van der Waals surface area contributed by atoms with Crippen LogP contribution in [0, 0.1) is 0 Å². The number of carbonyl (C=O) groups is 2. The molecule has 3 aromatic rings. The number of ketones is 2. The van der Waals surface area contributed by atoms with E-state index < -0.39 is 10.8 Å². The lowest BCUT2D eigenvalue weighted by atomic mass is 9.78. The Morgan fingerprint density at radius 1 is 0.586 bits per heavy atom. The summed E-state index contributed by atoms with van der Waals surface area (Å²) < 4.78 is 0. The number of rotatable bonds is 10. The van der Waals surface area contributed by atoms with Crippen LogP contribution in [0.2, 0.25) is 0 Å². The number of phenolic OH excluding ortho intramolecular Hbond substituents is 2. The molecule has 2 heterocycles. The van der Waals surface area contributed by atoms with Gasteiger partial charge in [0.15, 0.2) is 11.6 Å². The molecule has 10 heteroatoms. The zero-order chi connectivity index (χ0) is 42.2. The van der Waals surface area contributed by atoms with Crippen molar-refractivity contribution in [1.82, 2.24) is 0 Å². The summed E-state index contributed by atoms with van der Waals surface area (Å²) in [7, 11) is 3.86. The van der Waals surface area contributed by atoms with Crippen molar-refractivity contribution in [3.63, 3.8) is 0 Å². The van der Waals surface area contributed by atoms with E-state index in [0.29, 0.717) is 11.1 Å². The van der Waals surface area contributed by atoms with E-state index in [4.69, 9.17) is 0 Å². The van der Waals surface area contributed by atoms with Gasteiger partial charge in [0.25, 0.3) is 0 Å². The molecule has 0 spiro atoms. The van der Waals surface area contributed by atoms with Gasteiger partial charge in [-0.3, -0.25) is 9.59 Å². The second-order valence-corrected chi connectivity index (χ2v) is 16.4. The number of allylic oxidation sites excluding steroid dienone is 8.